The Morgan fingerprint density at radius 1 is 1.11 bits per heavy atom. The Labute approximate surface area is 111 Å². The van der Waals surface area contributed by atoms with Crippen molar-refractivity contribution in [2.45, 2.75) is 6.18 Å². The fourth-order valence-corrected chi connectivity index (χ4v) is 1.59. The lowest BCUT2D eigenvalue weighted by atomic mass is 10.2. The maximum atomic E-state index is 12.4. The summed E-state index contributed by atoms with van der Waals surface area (Å²) in [6, 6.07) is 7.08. The number of hydrogen-bond donors (Lipinski definition) is 1. The largest absolute Gasteiger partial charge is 0.439 e. The number of nitrogens with two attached hydrogens (primary N) is 1. The van der Waals surface area contributed by atoms with Gasteiger partial charge in [0.2, 0.25) is 5.88 Å². The molecule has 3 nitrogen and oxygen atoms in total. The first-order chi connectivity index (χ1) is 8.84. The Hall–Kier alpha value is -1.95. The van der Waals surface area contributed by atoms with Crippen LogP contribution in [0.1, 0.15) is 5.56 Å². The maximum Gasteiger partial charge on any atom is 0.416 e. The van der Waals surface area contributed by atoms with E-state index in [4.69, 9.17) is 22.1 Å². The van der Waals surface area contributed by atoms with Crippen molar-refractivity contribution < 1.29 is 17.9 Å². The summed E-state index contributed by atoms with van der Waals surface area (Å²) in [7, 11) is 0. The Morgan fingerprint density at radius 2 is 1.74 bits per heavy atom. The maximum absolute atomic E-state index is 12.4. The molecular formula is C12H8ClF3N2O. The highest BCUT2D eigenvalue weighted by Crippen LogP contribution is 2.31. The fraction of sp³-hybridized carbons (Fsp3) is 0.0833. The minimum atomic E-state index is -4.38. The second kappa shape index (κ2) is 4.97. The monoisotopic (exact) mass is 288 g/mol. The molecule has 0 amide bonds. The summed E-state index contributed by atoms with van der Waals surface area (Å²) in [6.45, 7) is 0. The molecule has 2 rings (SSSR count). The van der Waals surface area contributed by atoms with Crippen molar-refractivity contribution in [1.82, 2.24) is 4.98 Å². The summed E-state index contributed by atoms with van der Waals surface area (Å²) in [5.41, 5.74) is 5.14. The highest BCUT2D eigenvalue weighted by atomic mass is 35.5. The van der Waals surface area contributed by atoms with Gasteiger partial charge in [-0.15, -0.1) is 0 Å². The lowest BCUT2D eigenvalue weighted by molar-refractivity contribution is -0.137. The molecule has 1 aromatic heterocycles. The standard InChI is InChI=1S/C12H8ClF3N2O/c13-10-5-8(17)6-11(18-10)19-9-3-1-7(2-4-9)12(14,15)16/h1-6H,(H2,17,18). The third-order valence-electron chi connectivity index (χ3n) is 2.20. The van der Waals surface area contributed by atoms with Crippen LogP contribution in [0.3, 0.4) is 0 Å². The van der Waals surface area contributed by atoms with Crippen LogP contribution >= 0.6 is 11.6 Å². The van der Waals surface area contributed by atoms with Crippen molar-refractivity contribution in [2.24, 2.45) is 0 Å². The van der Waals surface area contributed by atoms with E-state index in [9.17, 15) is 13.2 Å². The van der Waals surface area contributed by atoms with Crippen molar-refractivity contribution in [1.29, 1.82) is 0 Å². The van der Waals surface area contributed by atoms with Crippen LogP contribution in [-0.2, 0) is 6.18 Å². The third-order valence-corrected chi connectivity index (χ3v) is 2.39. The average Bonchev–Trinajstić information content (AvgIpc) is 2.26. The molecule has 0 spiro atoms. The van der Waals surface area contributed by atoms with Crippen LogP contribution in [0.4, 0.5) is 18.9 Å². The highest BCUT2D eigenvalue weighted by Gasteiger charge is 2.30. The molecule has 0 atom stereocenters. The van der Waals surface area contributed by atoms with Crippen LogP contribution in [0.25, 0.3) is 0 Å². The van der Waals surface area contributed by atoms with Gasteiger partial charge < -0.3 is 10.5 Å². The number of ether oxygens (including phenoxy) is 1. The summed E-state index contributed by atoms with van der Waals surface area (Å²) in [4.78, 5) is 3.84. The molecule has 100 valence electrons. The van der Waals surface area contributed by atoms with E-state index in [0.717, 1.165) is 12.1 Å². The SMILES string of the molecule is Nc1cc(Cl)nc(Oc2ccc(C(F)(F)F)cc2)c1. The number of alkyl halides is 3. The average molecular weight is 289 g/mol. The van der Waals surface area contributed by atoms with Gasteiger partial charge in [-0.1, -0.05) is 11.6 Å². The zero-order valence-electron chi connectivity index (χ0n) is 9.41. The van der Waals surface area contributed by atoms with Gasteiger partial charge in [0.25, 0.3) is 0 Å². The molecule has 0 aliphatic carbocycles. The third kappa shape index (κ3) is 3.51. The molecule has 19 heavy (non-hydrogen) atoms. The number of aromatic nitrogens is 1. The molecule has 0 aliphatic rings. The van der Waals surface area contributed by atoms with E-state index >= 15 is 0 Å². The molecule has 7 heteroatoms. The van der Waals surface area contributed by atoms with E-state index in [1.165, 1.54) is 24.3 Å². The second-order valence-corrected chi connectivity index (χ2v) is 4.07. The van der Waals surface area contributed by atoms with Gasteiger partial charge in [0, 0.05) is 11.8 Å². The number of pyridine rings is 1. The minimum absolute atomic E-state index is 0.116. The number of benzene rings is 1. The Kier molecular flexibility index (Phi) is 3.53. The predicted molar refractivity (Wildman–Crippen MR) is 65.2 cm³/mol. The smallest absolute Gasteiger partial charge is 0.416 e. The number of rotatable bonds is 2. The van der Waals surface area contributed by atoms with Crippen LogP contribution < -0.4 is 10.5 Å². The zero-order valence-corrected chi connectivity index (χ0v) is 10.2. The van der Waals surface area contributed by atoms with Crippen LogP contribution in [0.5, 0.6) is 11.6 Å². The molecule has 2 aromatic rings. The lowest BCUT2D eigenvalue weighted by Crippen LogP contribution is -2.04. The van der Waals surface area contributed by atoms with Crippen LogP contribution in [0.15, 0.2) is 36.4 Å². The van der Waals surface area contributed by atoms with E-state index in [2.05, 4.69) is 4.98 Å². The van der Waals surface area contributed by atoms with Gasteiger partial charge in [0.05, 0.1) is 5.56 Å². The molecule has 1 aromatic carbocycles. The van der Waals surface area contributed by atoms with Crippen LogP contribution in [-0.4, -0.2) is 4.98 Å². The zero-order chi connectivity index (χ0) is 14.0. The Morgan fingerprint density at radius 3 is 2.26 bits per heavy atom. The summed E-state index contributed by atoms with van der Waals surface area (Å²) < 4.78 is 42.4. The lowest BCUT2D eigenvalue weighted by Gasteiger charge is -2.08. The normalized spacial score (nSPS) is 11.4. The van der Waals surface area contributed by atoms with Crippen molar-refractivity contribution in [3.8, 4) is 11.6 Å². The first-order valence-corrected chi connectivity index (χ1v) is 5.50. The molecule has 0 bridgehead atoms. The summed E-state index contributed by atoms with van der Waals surface area (Å²) in [6.07, 6.45) is -4.38. The predicted octanol–water partition coefficient (Wildman–Crippen LogP) is 4.13. The topological polar surface area (TPSA) is 48.1 Å². The first-order valence-electron chi connectivity index (χ1n) is 5.13. The molecule has 0 saturated heterocycles. The number of halogens is 4. The summed E-state index contributed by atoms with van der Waals surface area (Å²) in [5.74, 6) is 0.326. The number of anilines is 1. The number of hydrogen-bond acceptors (Lipinski definition) is 3. The summed E-state index contributed by atoms with van der Waals surface area (Å²) >= 11 is 5.68. The molecule has 0 radical (unpaired) electrons. The van der Waals surface area contributed by atoms with E-state index in [0.29, 0.717) is 5.69 Å². The van der Waals surface area contributed by atoms with Gasteiger partial charge in [0.15, 0.2) is 0 Å². The molecule has 0 unspecified atom stereocenters. The van der Waals surface area contributed by atoms with E-state index in [-0.39, 0.29) is 16.8 Å². The van der Waals surface area contributed by atoms with Gasteiger partial charge in [0.1, 0.15) is 10.9 Å². The van der Waals surface area contributed by atoms with Gasteiger partial charge in [-0.3, -0.25) is 0 Å². The molecule has 2 N–H and O–H groups in total. The van der Waals surface area contributed by atoms with Crippen molar-refractivity contribution in [3.05, 3.63) is 47.1 Å². The molecule has 0 saturated carbocycles. The van der Waals surface area contributed by atoms with Gasteiger partial charge in [-0.2, -0.15) is 13.2 Å². The van der Waals surface area contributed by atoms with E-state index < -0.39 is 11.7 Å². The molecular weight excluding hydrogens is 281 g/mol. The Balaban J connectivity index is 2.20. The number of nitrogen functional groups attached to an aromatic ring is 1. The minimum Gasteiger partial charge on any atom is -0.439 e. The van der Waals surface area contributed by atoms with Crippen LogP contribution in [0.2, 0.25) is 5.15 Å². The number of nitrogens with zero attached hydrogens (tertiary/aromatic N) is 1. The molecule has 1 heterocycles. The van der Waals surface area contributed by atoms with Crippen molar-refractivity contribution in [2.75, 3.05) is 5.73 Å². The first kappa shape index (κ1) is 13.5. The van der Waals surface area contributed by atoms with E-state index in [1.807, 2.05) is 0 Å². The quantitative estimate of drug-likeness (QED) is 0.845. The van der Waals surface area contributed by atoms with Crippen molar-refractivity contribution >= 4 is 17.3 Å². The van der Waals surface area contributed by atoms with Gasteiger partial charge in [-0.05, 0) is 30.3 Å². The van der Waals surface area contributed by atoms with Crippen LogP contribution in [0, 0.1) is 0 Å². The highest BCUT2D eigenvalue weighted by molar-refractivity contribution is 6.29. The Bertz CT molecular complexity index is 564. The van der Waals surface area contributed by atoms with Gasteiger partial charge >= 0.3 is 6.18 Å². The molecule has 0 fully saturated rings. The van der Waals surface area contributed by atoms with E-state index in [1.54, 1.807) is 0 Å². The van der Waals surface area contributed by atoms with Gasteiger partial charge in [-0.25, -0.2) is 4.98 Å². The van der Waals surface area contributed by atoms with Crippen molar-refractivity contribution in [3.63, 3.8) is 0 Å². The fourth-order valence-electron chi connectivity index (χ4n) is 1.38. The summed E-state index contributed by atoms with van der Waals surface area (Å²) in [5, 5.41) is 0.141. The molecule has 0 aliphatic heterocycles. The second-order valence-electron chi connectivity index (χ2n) is 3.69.